The van der Waals surface area contributed by atoms with Crippen LogP contribution in [0.15, 0.2) is 28.7 Å². The van der Waals surface area contributed by atoms with Crippen LogP contribution in [-0.4, -0.2) is 12.5 Å². The van der Waals surface area contributed by atoms with Gasteiger partial charge in [-0.25, -0.2) is 0 Å². The fraction of sp³-hybridized carbons (Fsp3) is 0.462. The topological polar surface area (TPSA) is 20.3 Å². The van der Waals surface area contributed by atoms with E-state index in [4.69, 9.17) is 0 Å². The van der Waals surface area contributed by atoms with E-state index in [1.165, 1.54) is 19.3 Å². The maximum Gasteiger partial charge on any atom is 0.227 e. The van der Waals surface area contributed by atoms with Crippen molar-refractivity contribution in [3.05, 3.63) is 28.7 Å². The summed E-state index contributed by atoms with van der Waals surface area (Å²) in [7, 11) is 0. The molecule has 1 amide bonds. The summed E-state index contributed by atoms with van der Waals surface area (Å²) in [4.78, 5) is 13.9. The Morgan fingerprint density at radius 3 is 2.38 bits per heavy atom. The molecular weight excluding hydrogens is 266 g/mol. The van der Waals surface area contributed by atoms with E-state index < -0.39 is 0 Å². The van der Waals surface area contributed by atoms with Crippen LogP contribution >= 0.6 is 15.9 Å². The highest BCUT2D eigenvalue weighted by Gasteiger charge is 2.47. The second-order valence-corrected chi connectivity index (χ2v) is 5.90. The molecule has 1 aliphatic heterocycles. The fourth-order valence-corrected chi connectivity index (χ4v) is 3.03. The highest BCUT2D eigenvalue weighted by molar-refractivity contribution is 9.10. The quantitative estimate of drug-likeness (QED) is 0.772. The number of carbonyl (C=O) groups is 1. The van der Waals surface area contributed by atoms with Crippen LogP contribution in [0.2, 0.25) is 0 Å². The molecule has 1 aliphatic carbocycles. The first-order chi connectivity index (χ1) is 7.69. The minimum atomic E-state index is 0.294. The van der Waals surface area contributed by atoms with Crippen LogP contribution in [0.4, 0.5) is 5.69 Å². The summed E-state index contributed by atoms with van der Waals surface area (Å²) < 4.78 is 1.06. The molecule has 16 heavy (non-hydrogen) atoms. The molecule has 1 saturated heterocycles. The Labute approximate surface area is 104 Å². The second kappa shape index (κ2) is 3.59. The van der Waals surface area contributed by atoms with Crippen LogP contribution in [0.25, 0.3) is 0 Å². The zero-order valence-corrected chi connectivity index (χ0v) is 10.7. The third kappa shape index (κ3) is 1.58. The van der Waals surface area contributed by atoms with Crippen molar-refractivity contribution >= 4 is 27.5 Å². The molecular formula is C13H14BrNO. The van der Waals surface area contributed by atoms with Gasteiger partial charge in [0.25, 0.3) is 0 Å². The normalized spacial score (nSPS) is 22.6. The zero-order valence-electron chi connectivity index (χ0n) is 9.08. The van der Waals surface area contributed by atoms with E-state index in [0.717, 1.165) is 23.1 Å². The lowest BCUT2D eigenvalue weighted by molar-refractivity contribution is -0.118. The largest absolute Gasteiger partial charge is 0.312 e. The van der Waals surface area contributed by atoms with Crippen molar-refractivity contribution in [1.82, 2.24) is 0 Å². The molecule has 1 spiro atoms. The highest BCUT2D eigenvalue weighted by atomic mass is 79.9. The number of carbonyl (C=O) groups excluding carboxylic acids is 1. The van der Waals surface area contributed by atoms with Crippen molar-refractivity contribution in [1.29, 1.82) is 0 Å². The van der Waals surface area contributed by atoms with E-state index in [9.17, 15) is 4.79 Å². The minimum Gasteiger partial charge on any atom is -0.312 e. The summed E-state index contributed by atoms with van der Waals surface area (Å²) >= 11 is 3.41. The maximum absolute atomic E-state index is 12.0. The molecule has 84 valence electrons. The van der Waals surface area contributed by atoms with Crippen molar-refractivity contribution in [2.24, 2.45) is 5.41 Å². The van der Waals surface area contributed by atoms with Crippen LogP contribution in [0.1, 0.15) is 25.7 Å². The van der Waals surface area contributed by atoms with Gasteiger partial charge in [-0.3, -0.25) is 4.79 Å². The average molecular weight is 280 g/mol. The van der Waals surface area contributed by atoms with Gasteiger partial charge in [-0.2, -0.15) is 0 Å². The molecule has 0 aromatic heterocycles. The van der Waals surface area contributed by atoms with Gasteiger partial charge in [0.1, 0.15) is 0 Å². The summed E-state index contributed by atoms with van der Waals surface area (Å²) in [6, 6.07) is 8.02. The summed E-state index contributed by atoms with van der Waals surface area (Å²) in [5.41, 5.74) is 1.36. The Morgan fingerprint density at radius 2 is 1.88 bits per heavy atom. The summed E-state index contributed by atoms with van der Waals surface area (Å²) in [6.45, 7) is 0.924. The molecule has 0 N–H and O–H groups in total. The van der Waals surface area contributed by atoms with Crippen molar-refractivity contribution in [2.45, 2.75) is 25.7 Å². The molecule has 3 rings (SSSR count). The van der Waals surface area contributed by atoms with Gasteiger partial charge in [-0.05, 0) is 42.5 Å². The van der Waals surface area contributed by atoms with E-state index in [1.54, 1.807) is 0 Å². The number of hydrogen-bond donors (Lipinski definition) is 0. The zero-order chi connectivity index (χ0) is 11.2. The SMILES string of the molecule is O=C1CC2(CCC2)CN1c1ccc(Br)cc1. The van der Waals surface area contributed by atoms with Gasteiger partial charge in [-0.15, -0.1) is 0 Å². The first-order valence-corrected chi connectivity index (χ1v) is 6.54. The standard InChI is InChI=1S/C13H14BrNO/c14-10-2-4-11(5-3-10)15-9-13(6-1-7-13)8-12(15)16/h2-5H,1,6-9H2. The molecule has 1 heterocycles. The number of benzene rings is 1. The molecule has 1 aromatic carbocycles. The molecule has 2 aliphatic rings. The molecule has 0 radical (unpaired) electrons. The van der Waals surface area contributed by atoms with Crippen molar-refractivity contribution in [3.8, 4) is 0 Å². The highest BCUT2D eigenvalue weighted by Crippen LogP contribution is 2.49. The lowest BCUT2D eigenvalue weighted by Gasteiger charge is -2.37. The summed E-state index contributed by atoms with van der Waals surface area (Å²) in [5, 5.41) is 0. The van der Waals surface area contributed by atoms with E-state index in [1.807, 2.05) is 29.2 Å². The molecule has 3 heteroatoms. The average Bonchev–Trinajstić information content (AvgIpc) is 2.57. The Balaban J connectivity index is 1.85. The summed E-state index contributed by atoms with van der Waals surface area (Å²) in [6.07, 6.45) is 4.50. The van der Waals surface area contributed by atoms with Crippen molar-refractivity contribution in [2.75, 3.05) is 11.4 Å². The number of nitrogens with zero attached hydrogens (tertiary/aromatic N) is 1. The van der Waals surface area contributed by atoms with Crippen LogP contribution < -0.4 is 4.90 Å². The number of hydrogen-bond acceptors (Lipinski definition) is 1. The molecule has 2 fully saturated rings. The molecule has 1 saturated carbocycles. The molecule has 0 bridgehead atoms. The molecule has 1 aromatic rings. The van der Waals surface area contributed by atoms with E-state index >= 15 is 0 Å². The molecule has 0 atom stereocenters. The van der Waals surface area contributed by atoms with Gasteiger partial charge in [0.15, 0.2) is 0 Å². The molecule has 2 nitrogen and oxygen atoms in total. The molecule has 0 unspecified atom stereocenters. The third-order valence-corrected chi connectivity index (χ3v) is 4.40. The van der Waals surface area contributed by atoms with Gasteiger partial charge in [0.05, 0.1) is 0 Å². The number of amides is 1. The van der Waals surface area contributed by atoms with Crippen molar-refractivity contribution < 1.29 is 4.79 Å². The Kier molecular flexibility index (Phi) is 2.32. The Morgan fingerprint density at radius 1 is 1.19 bits per heavy atom. The predicted octanol–water partition coefficient (Wildman–Crippen LogP) is 3.36. The van der Waals surface area contributed by atoms with Crippen LogP contribution in [-0.2, 0) is 4.79 Å². The number of halogens is 1. The predicted molar refractivity (Wildman–Crippen MR) is 67.4 cm³/mol. The Hall–Kier alpha value is -0.830. The first kappa shape index (κ1) is 10.3. The fourth-order valence-electron chi connectivity index (χ4n) is 2.76. The van der Waals surface area contributed by atoms with Crippen molar-refractivity contribution in [3.63, 3.8) is 0 Å². The van der Waals surface area contributed by atoms with E-state index in [-0.39, 0.29) is 0 Å². The minimum absolute atomic E-state index is 0.294. The van der Waals surface area contributed by atoms with Gasteiger partial charge < -0.3 is 4.90 Å². The smallest absolute Gasteiger partial charge is 0.227 e. The number of anilines is 1. The lowest BCUT2D eigenvalue weighted by Crippen LogP contribution is -2.33. The van der Waals surface area contributed by atoms with Gasteiger partial charge in [0, 0.05) is 23.1 Å². The second-order valence-electron chi connectivity index (χ2n) is 4.99. The van der Waals surface area contributed by atoms with Crippen LogP contribution in [0.5, 0.6) is 0 Å². The Bertz CT molecular complexity index is 422. The monoisotopic (exact) mass is 279 g/mol. The van der Waals surface area contributed by atoms with Crippen LogP contribution in [0.3, 0.4) is 0 Å². The maximum atomic E-state index is 12.0. The van der Waals surface area contributed by atoms with Gasteiger partial charge in [0.2, 0.25) is 5.91 Å². The number of rotatable bonds is 1. The van der Waals surface area contributed by atoms with E-state index in [0.29, 0.717) is 11.3 Å². The van der Waals surface area contributed by atoms with Crippen LogP contribution in [0, 0.1) is 5.41 Å². The van der Waals surface area contributed by atoms with Gasteiger partial charge in [-0.1, -0.05) is 22.4 Å². The third-order valence-electron chi connectivity index (χ3n) is 3.87. The lowest BCUT2D eigenvalue weighted by atomic mass is 9.68. The summed E-state index contributed by atoms with van der Waals surface area (Å²) in [5.74, 6) is 0.294. The van der Waals surface area contributed by atoms with E-state index in [2.05, 4.69) is 15.9 Å². The van der Waals surface area contributed by atoms with Gasteiger partial charge >= 0.3 is 0 Å². The first-order valence-electron chi connectivity index (χ1n) is 5.75.